The van der Waals surface area contributed by atoms with Crippen molar-refractivity contribution in [3.8, 4) is 0 Å². The molecule has 0 spiro atoms. The highest BCUT2D eigenvalue weighted by Crippen LogP contribution is 2.14. The number of hydroxylamine groups is 1. The summed E-state index contributed by atoms with van der Waals surface area (Å²) in [7, 11) is 1.62. The van der Waals surface area contributed by atoms with E-state index in [-0.39, 0.29) is 0 Å². The minimum Gasteiger partial charge on any atom is -0.305 e. The molecule has 1 aliphatic rings. The van der Waals surface area contributed by atoms with Crippen LogP contribution in [0.2, 0.25) is 0 Å². The van der Waals surface area contributed by atoms with Gasteiger partial charge in [0.1, 0.15) is 0 Å². The van der Waals surface area contributed by atoms with Crippen LogP contribution in [0, 0.1) is 0 Å². The zero-order valence-corrected chi connectivity index (χ0v) is 7.92. The van der Waals surface area contributed by atoms with Crippen molar-refractivity contribution in [3.05, 3.63) is 17.5 Å². The number of hydrogen-bond donors (Lipinski definition) is 1. The average Bonchev–Trinajstić information content (AvgIpc) is 2.57. The molecule has 4 nitrogen and oxygen atoms in total. The molecule has 1 aromatic rings. The number of rotatable bonds is 3. The van der Waals surface area contributed by atoms with Crippen molar-refractivity contribution in [2.45, 2.75) is 32.4 Å². The van der Waals surface area contributed by atoms with E-state index in [1.807, 2.05) is 0 Å². The molecule has 0 radical (unpaired) electrons. The summed E-state index contributed by atoms with van der Waals surface area (Å²) in [4.78, 5) is 4.78. The molecule has 0 saturated carbocycles. The Hall–Kier alpha value is -0.870. The number of hydrogen-bond acceptors (Lipinski definition) is 3. The lowest BCUT2D eigenvalue weighted by Gasteiger charge is -2.11. The van der Waals surface area contributed by atoms with E-state index in [0.717, 1.165) is 12.2 Å². The average molecular weight is 181 g/mol. The topological polar surface area (TPSA) is 39.1 Å². The van der Waals surface area contributed by atoms with Gasteiger partial charge in [-0.25, -0.2) is 0 Å². The number of aryl methyl sites for hydroxylation is 2. The Balaban J connectivity index is 2.07. The van der Waals surface area contributed by atoms with Crippen molar-refractivity contribution in [1.29, 1.82) is 0 Å². The fourth-order valence-corrected chi connectivity index (χ4v) is 1.71. The van der Waals surface area contributed by atoms with Crippen molar-refractivity contribution in [3.63, 3.8) is 0 Å². The summed E-state index contributed by atoms with van der Waals surface area (Å²) < 4.78 is 2.11. The zero-order chi connectivity index (χ0) is 9.10. The summed E-state index contributed by atoms with van der Waals surface area (Å²) in [6, 6.07) is 2.16. The molecular formula is C9H15N3O. The summed E-state index contributed by atoms with van der Waals surface area (Å²) in [5, 5.41) is 4.46. The van der Waals surface area contributed by atoms with Gasteiger partial charge < -0.3 is 4.84 Å². The first kappa shape index (κ1) is 8.72. The van der Waals surface area contributed by atoms with Crippen LogP contribution in [0.3, 0.4) is 0 Å². The first-order chi connectivity index (χ1) is 6.40. The lowest BCUT2D eigenvalue weighted by Crippen LogP contribution is -2.13. The maximum absolute atomic E-state index is 4.78. The number of nitrogens with zero attached hydrogens (tertiary/aromatic N) is 2. The molecule has 2 heterocycles. The van der Waals surface area contributed by atoms with Gasteiger partial charge in [0.2, 0.25) is 0 Å². The van der Waals surface area contributed by atoms with Crippen molar-refractivity contribution in [1.82, 2.24) is 15.3 Å². The summed E-state index contributed by atoms with van der Waals surface area (Å²) in [6.07, 6.45) is 3.72. The molecule has 72 valence electrons. The second-order valence-corrected chi connectivity index (χ2v) is 3.33. The molecular weight excluding hydrogens is 166 g/mol. The maximum atomic E-state index is 4.78. The Bertz CT molecular complexity index is 259. The van der Waals surface area contributed by atoms with E-state index >= 15 is 0 Å². The quantitative estimate of drug-likeness (QED) is 0.703. The Morgan fingerprint density at radius 2 is 2.54 bits per heavy atom. The van der Waals surface area contributed by atoms with E-state index in [1.165, 1.54) is 25.0 Å². The van der Waals surface area contributed by atoms with Crippen LogP contribution in [0.1, 0.15) is 24.2 Å². The normalized spacial score (nSPS) is 15.8. The molecule has 0 fully saturated rings. The SMILES string of the molecule is CONCc1cc2n(n1)CCCC2. The molecule has 4 heteroatoms. The standard InChI is InChI=1S/C9H15N3O/c1-13-10-7-8-6-9-4-2-3-5-12(9)11-8/h6,10H,2-5,7H2,1H3. The monoisotopic (exact) mass is 181 g/mol. The molecule has 0 aromatic carbocycles. The molecule has 0 saturated heterocycles. The van der Waals surface area contributed by atoms with Gasteiger partial charge in [-0.05, 0) is 25.3 Å². The molecule has 0 bridgehead atoms. The Morgan fingerprint density at radius 1 is 1.62 bits per heavy atom. The molecule has 0 atom stereocenters. The molecule has 1 aromatic heterocycles. The fraction of sp³-hybridized carbons (Fsp3) is 0.667. The number of fused-ring (bicyclic) bond motifs is 1. The number of nitrogens with one attached hydrogen (secondary N) is 1. The van der Waals surface area contributed by atoms with Gasteiger partial charge in [0.05, 0.1) is 19.3 Å². The van der Waals surface area contributed by atoms with Crippen molar-refractivity contribution < 1.29 is 4.84 Å². The van der Waals surface area contributed by atoms with Crippen molar-refractivity contribution in [2.75, 3.05) is 7.11 Å². The van der Waals surface area contributed by atoms with E-state index in [4.69, 9.17) is 4.84 Å². The van der Waals surface area contributed by atoms with Crippen molar-refractivity contribution >= 4 is 0 Å². The van der Waals surface area contributed by atoms with Crippen LogP contribution in [-0.4, -0.2) is 16.9 Å². The Morgan fingerprint density at radius 3 is 3.31 bits per heavy atom. The summed E-state index contributed by atoms with van der Waals surface area (Å²) in [6.45, 7) is 1.76. The molecule has 0 unspecified atom stereocenters. The summed E-state index contributed by atoms with van der Waals surface area (Å²) >= 11 is 0. The van der Waals surface area contributed by atoms with E-state index in [2.05, 4.69) is 21.3 Å². The Kier molecular flexibility index (Phi) is 2.61. The van der Waals surface area contributed by atoms with Gasteiger partial charge in [-0.1, -0.05) is 0 Å². The van der Waals surface area contributed by atoms with Gasteiger partial charge >= 0.3 is 0 Å². The summed E-state index contributed by atoms with van der Waals surface area (Å²) in [5.41, 5.74) is 5.23. The molecule has 1 N–H and O–H groups in total. The highest BCUT2D eigenvalue weighted by Gasteiger charge is 2.11. The van der Waals surface area contributed by atoms with Crippen molar-refractivity contribution in [2.24, 2.45) is 0 Å². The van der Waals surface area contributed by atoms with Gasteiger partial charge in [0, 0.05) is 12.2 Å². The van der Waals surface area contributed by atoms with Crippen LogP contribution in [-0.2, 0) is 24.3 Å². The van der Waals surface area contributed by atoms with Crippen LogP contribution in [0.4, 0.5) is 0 Å². The summed E-state index contributed by atoms with van der Waals surface area (Å²) in [5.74, 6) is 0. The smallest absolute Gasteiger partial charge is 0.0789 e. The first-order valence-electron chi connectivity index (χ1n) is 4.71. The van der Waals surface area contributed by atoms with Crippen LogP contribution < -0.4 is 5.48 Å². The Labute approximate surface area is 77.8 Å². The minimum atomic E-state index is 0.691. The van der Waals surface area contributed by atoms with E-state index in [0.29, 0.717) is 6.54 Å². The largest absolute Gasteiger partial charge is 0.305 e. The zero-order valence-electron chi connectivity index (χ0n) is 7.92. The third-order valence-corrected chi connectivity index (χ3v) is 2.36. The molecule has 1 aliphatic heterocycles. The molecule has 0 aliphatic carbocycles. The third kappa shape index (κ3) is 1.89. The molecule has 0 amide bonds. The van der Waals surface area contributed by atoms with E-state index < -0.39 is 0 Å². The number of aromatic nitrogens is 2. The fourth-order valence-electron chi connectivity index (χ4n) is 1.71. The van der Waals surface area contributed by atoms with Crippen LogP contribution in [0.15, 0.2) is 6.07 Å². The third-order valence-electron chi connectivity index (χ3n) is 2.36. The first-order valence-corrected chi connectivity index (χ1v) is 4.71. The van der Waals surface area contributed by atoms with Crippen LogP contribution in [0.25, 0.3) is 0 Å². The second kappa shape index (κ2) is 3.89. The van der Waals surface area contributed by atoms with Gasteiger partial charge in [0.15, 0.2) is 0 Å². The van der Waals surface area contributed by atoms with Gasteiger partial charge in [-0.2, -0.15) is 10.6 Å². The van der Waals surface area contributed by atoms with E-state index in [1.54, 1.807) is 7.11 Å². The lowest BCUT2D eigenvalue weighted by molar-refractivity contribution is 0.0857. The predicted molar refractivity (Wildman–Crippen MR) is 49.0 cm³/mol. The predicted octanol–water partition coefficient (Wildman–Crippen LogP) is 0.870. The van der Waals surface area contributed by atoms with Gasteiger partial charge in [-0.3, -0.25) is 4.68 Å². The highest BCUT2D eigenvalue weighted by molar-refractivity contribution is 5.11. The van der Waals surface area contributed by atoms with Crippen LogP contribution >= 0.6 is 0 Å². The molecule has 2 rings (SSSR count). The van der Waals surface area contributed by atoms with Gasteiger partial charge in [-0.15, -0.1) is 0 Å². The molecule has 13 heavy (non-hydrogen) atoms. The van der Waals surface area contributed by atoms with Crippen LogP contribution in [0.5, 0.6) is 0 Å². The minimum absolute atomic E-state index is 0.691. The lowest BCUT2D eigenvalue weighted by atomic mass is 10.1. The highest BCUT2D eigenvalue weighted by atomic mass is 16.6. The maximum Gasteiger partial charge on any atom is 0.0789 e. The second-order valence-electron chi connectivity index (χ2n) is 3.33. The van der Waals surface area contributed by atoms with Gasteiger partial charge in [0.25, 0.3) is 0 Å². The van der Waals surface area contributed by atoms with E-state index in [9.17, 15) is 0 Å².